The van der Waals surface area contributed by atoms with E-state index in [9.17, 15) is 5.26 Å². The molecule has 0 bridgehead atoms. The van der Waals surface area contributed by atoms with Crippen LogP contribution in [0.1, 0.15) is 35.1 Å². The zero-order chi connectivity index (χ0) is 14.7. The van der Waals surface area contributed by atoms with Crippen LogP contribution >= 0.6 is 0 Å². The molecule has 104 valence electrons. The standard InChI is InChI=1S/C20H19N/c1-2-3-14-20(15-21)18-10-6-4-8-16(18)12-13-17-9-5-7-11-19(17)20/h2,4-11H,1,3,12-14H2. The van der Waals surface area contributed by atoms with E-state index in [-0.39, 0.29) is 0 Å². The second kappa shape index (κ2) is 5.58. The van der Waals surface area contributed by atoms with Crippen LogP contribution in [0.15, 0.2) is 61.2 Å². The molecule has 0 unspecified atom stereocenters. The van der Waals surface area contributed by atoms with Gasteiger partial charge in [0.25, 0.3) is 0 Å². The van der Waals surface area contributed by atoms with Gasteiger partial charge in [0, 0.05) is 0 Å². The molecular formula is C20H19N. The Hall–Kier alpha value is -2.33. The van der Waals surface area contributed by atoms with Crippen molar-refractivity contribution in [3.8, 4) is 6.07 Å². The number of allylic oxidation sites excluding steroid dienone is 1. The molecule has 0 atom stereocenters. The number of rotatable bonds is 3. The topological polar surface area (TPSA) is 23.8 Å². The maximum Gasteiger partial charge on any atom is 0.108 e. The summed E-state index contributed by atoms with van der Waals surface area (Å²) in [4.78, 5) is 0. The second-order valence-corrected chi connectivity index (χ2v) is 5.66. The number of hydrogen-bond donors (Lipinski definition) is 0. The Morgan fingerprint density at radius 1 is 1.00 bits per heavy atom. The number of nitrogens with zero attached hydrogens (tertiary/aromatic N) is 1. The summed E-state index contributed by atoms with van der Waals surface area (Å²) in [6.45, 7) is 3.84. The van der Waals surface area contributed by atoms with Crippen molar-refractivity contribution in [2.24, 2.45) is 0 Å². The Labute approximate surface area is 126 Å². The summed E-state index contributed by atoms with van der Waals surface area (Å²) >= 11 is 0. The van der Waals surface area contributed by atoms with E-state index in [0.29, 0.717) is 0 Å². The van der Waals surface area contributed by atoms with Gasteiger partial charge in [-0.05, 0) is 47.9 Å². The van der Waals surface area contributed by atoms with Gasteiger partial charge in [0.2, 0.25) is 0 Å². The molecule has 0 aliphatic heterocycles. The van der Waals surface area contributed by atoms with Gasteiger partial charge in [0.05, 0.1) is 6.07 Å². The van der Waals surface area contributed by atoms with Crippen LogP contribution in [0.5, 0.6) is 0 Å². The molecule has 1 nitrogen and oxygen atoms in total. The molecule has 0 saturated heterocycles. The molecule has 0 radical (unpaired) electrons. The first-order valence-corrected chi connectivity index (χ1v) is 7.51. The number of hydrogen-bond acceptors (Lipinski definition) is 1. The maximum absolute atomic E-state index is 10.1. The molecule has 0 saturated carbocycles. The third-order valence-electron chi connectivity index (χ3n) is 4.53. The van der Waals surface area contributed by atoms with Crippen LogP contribution < -0.4 is 0 Å². The predicted octanol–water partition coefficient (Wildman–Crippen LogP) is 4.56. The van der Waals surface area contributed by atoms with Crippen LogP contribution in [0.25, 0.3) is 0 Å². The number of benzene rings is 2. The zero-order valence-corrected chi connectivity index (χ0v) is 12.2. The summed E-state index contributed by atoms with van der Waals surface area (Å²) in [5.41, 5.74) is 4.43. The lowest BCUT2D eigenvalue weighted by Gasteiger charge is -2.29. The lowest BCUT2D eigenvalue weighted by Crippen LogP contribution is -2.27. The van der Waals surface area contributed by atoms with E-state index in [2.05, 4.69) is 49.0 Å². The first-order chi connectivity index (χ1) is 10.3. The monoisotopic (exact) mass is 273 g/mol. The second-order valence-electron chi connectivity index (χ2n) is 5.66. The lowest BCUT2D eigenvalue weighted by atomic mass is 9.71. The molecule has 1 aliphatic rings. The fraction of sp³-hybridized carbons (Fsp3) is 0.250. The molecule has 2 aromatic rings. The molecule has 0 amide bonds. The smallest absolute Gasteiger partial charge is 0.108 e. The Kier molecular flexibility index (Phi) is 3.62. The molecule has 21 heavy (non-hydrogen) atoms. The molecule has 0 N–H and O–H groups in total. The fourth-order valence-corrected chi connectivity index (χ4v) is 3.49. The van der Waals surface area contributed by atoms with E-state index in [1.807, 2.05) is 18.2 Å². The van der Waals surface area contributed by atoms with Gasteiger partial charge in [-0.1, -0.05) is 54.6 Å². The van der Waals surface area contributed by atoms with Gasteiger partial charge < -0.3 is 0 Å². The van der Waals surface area contributed by atoms with Gasteiger partial charge in [0.15, 0.2) is 0 Å². The molecule has 0 heterocycles. The van der Waals surface area contributed by atoms with Crippen LogP contribution in [0.4, 0.5) is 0 Å². The first-order valence-electron chi connectivity index (χ1n) is 7.51. The highest BCUT2D eigenvalue weighted by Gasteiger charge is 2.38. The van der Waals surface area contributed by atoms with Crippen molar-refractivity contribution in [3.63, 3.8) is 0 Å². The molecule has 2 aromatic carbocycles. The van der Waals surface area contributed by atoms with E-state index < -0.39 is 5.41 Å². The predicted molar refractivity (Wildman–Crippen MR) is 86.1 cm³/mol. The van der Waals surface area contributed by atoms with Crippen molar-refractivity contribution in [2.75, 3.05) is 0 Å². The SMILES string of the molecule is C=CCCC1(C#N)c2ccccc2CCc2ccccc21. The Balaban J connectivity index is 2.29. The third-order valence-corrected chi connectivity index (χ3v) is 4.53. The van der Waals surface area contributed by atoms with Crippen molar-refractivity contribution >= 4 is 0 Å². The quantitative estimate of drug-likeness (QED) is 0.752. The van der Waals surface area contributed by atoms with E-state index in [0.717, 1.165) is 25.7 Å². The van der Waals surface area contributed by atoms with Gasteiger partial charge in [-0.3, -0.25) is 0 Å². The summed E-state index contributed by atoms with van der Waals surface area (Å²) in [6.07, 6.45) is 5.56. The van der Waals surface area contributed by atoms with Crippen LogP contribution in [-0.4, -0.2) is 0 Å². The first kappa shape index (κ1) is 13.6. The van der Waals surface area contributed by atoms with Crippen LogP contribution in [-0.2, 0) is 18.3 Å². The van der Waals surface area contributed by atoms with E-state index >= 15 is 0 Å². The van der Waals surface area contributed by atoms with Gasteiger partial charge in [-0.25, -0.2) is 0 Å². The van der Waals surface area contributed by atoms with Crippen molar-refractivity contribution in [2.45, 2.75) is 31.1 Å². The van der Waals surface area contributed by atoms with Crippen molar-refractivity contribution < 1.29 is 0 Å². The van der Waals surface area contributed by atoms with Crippen molar-refractivity contribution in [1.82, 2.24) is 0 Å². The molecule has 1 heteroatoms. The van der Waals surface area contributed by atoms with Gasteiger partial charge in [-0.2, -0.15) is 5.26 Å². The average Bonchev–Trinajstić information content (AvgIpc) is 2.69. The highest BCUT2D eigenvalue weighted by atomic mass is 14.4. The summed E-state index contributed by atoms with van der Waals surface area (Å²) < 4.78 is 0. The van der Waals surface area contributed by atoms with Crippen LogP contribution in [0, 0.1) is 11.3 Å². The van der Waals surface area contributed by atoms with Crippen LogP contribution in [0.2, 0.25) is 0 Å². The fourth-order valence-electron chi connectivity index (χ4n) is 3.49. The minimum atomic E-state index is -0.544. The Morgan fingerprint density at radius 3 is 2.00 bits per heavy atom. The highest BCUT2D eigenvalue weighted by molar-refractivity contribution is 5.54. The van der Waals surface area contributed by atoms with Crippen LogP contribution in [0.3, 0.4) is 0 Å². The van der Waals surface area contributed by atoms with E-state index in [1.54, 1.807) is 0 Å². The third kappa shape index (κ3) is 2.17. The van der Waals surface area contributed by atoms with Gasteiger partial charge >= 0.3 is 0 Å². The molecule has 0 fully saturated rings. The average molecular weight is 273 g/mol. The summed E-state index contributed by atoms with van der Waals surface area (Å²) in [5, 5.41) is 10.1. The highest BCUT2D eigenvalue weighted by Crippen LogP contribution is 2.42. The number of aryl methyl sites for hydroxylation is 2. The Morgan fingerprint density at radius 2 is 1.52 bits per heavy atom. The number of nitriles is 1. The summed E-state index contributed by atoms with van der Waals surface area (Å²) in [6, 6.07) is 19.5. The Bertz CT molecular complexity index is 658. The molecule has 3 rings (SSSR count). The zero-order valence-electron chi connectivity index (χ0n) is 12.2. The minimum Gasteiger partial charge on any atom is -0.197 e. The van der Waals surface area contributed by atoms with Gasteiger partial charge in [0.1, 0.15) is 5.41 Å². The number of fused-ring (bicyclic) bond motifs is 2. The van der Waals surface area contributed by atoms with Crippen molar-refractivity contribution in [3.05, 3.63) is 83.4 Å². The van der Waals surface area contributed by atoms with E-state index in [1.165, 1.54) is 22.3 Å². The minimum absolute atomic E-state index is 0.544. The van der Waals surface area contributed by atoms with E-state index in [4.69, 9.17) is 0 Å². The largest absolute Gasteiger partial charge is 0.197 e. The maximum atomic E-state index is 10.1. The summed E-state index contributed by atoms with van der Waals surface area (Å²) in [7, 11) is 0. The molecule has 0 aromatic heterocycles. The lowest BCUT2D eigenvalue weighted by molar-refractivity contribution is 0.597. The molecule has 0 spiro atoms. The normalized spacial score (nSPS) is 15.2. The molecular weight excluding hydrogens is 254 g/mol. The van der Waals surface area contributed by atoms with Crippen molar-refractivity contribution in [1.29, 1.82) is 5.26 Å². The summed E-state index contributed by atoms with van der Waals surface area (Å²) in [5.74, 6) is 0. The molecule has 1 aliphatic carbocycles. The van der Waals surface area contributed by atoms with Gasteiger partial charge in [-0.15, -0.1) is 6.58 Å².